The van der Waals surface area contributed by atoms with Gasteiger partial charge in [-0.25, -0.2) is 45.2 Å². The molecular weight excluding hydrogens is 1490 g/mol. The molecule has 5 amide bonds. The van der Waals surface area contributed by atoms with Crippen LogP contribution in [0.5, 0.6) is 0 Å². The molecule has 11 aromatic rings. The number of benzene rings is 6. The molecule has 3 aliphatic heterocycles. The number of hydrogen-bond donors (Lipinski definition) is 5. The van der Waals surface area contributed by atoms with E-state index >= 15 is 0 Å². The van der Waals surface area contributed by atoms with Gasteiger partial charge in [-0.3, -0.25) is 38.1 Å². The predicted molar refractivity (Wildman–Crippen MR) is 414 cm³/mol. The van der Waals surface area contributed by atoms with Gasteiger partial charge in [0.2, 0.25) is 29.5 Å². The molecule has 0 radical (unpaired) electrons. The summed E-state index contributed by atoms with van der Waals surface area (Å²) >= 11 is 14.8. The van der Waals surface area contributed by atoms with E-state index in [0.29, 0.717) is 80.3 Å². The highest BCUT2D eigenvalue weighted by molar-refractivity contribution is 7.93. The first-order valence-corrected chi connectivity index (χ1v) is 39.6. The quantitative estimate of drug-likeness (QED) is 0.0474. The van der Waals surface area contributed by atoms with E-state index in [-0.39, 0.29) is 98.2 Å². The van der Waals surface area contributed by atoms with Gasteiger partial charge in [0.1, 0.15) is 44.4 Å². The number of nitrogens with one attached hydrogen (secondary N) is 4. The average Bonchev–Trinajstić information content (AvgIpc) is 1.70. The Hall–Kier alpha value is -10.5. The lowest BCUT2D eigenvalue weighted by molar-refractivity contribution is -0.137. The van der Waals surface area contributed by atoms with E-state index in [1.807, 2.05) is 89.4 Å². The van der Waals surface area contributed by atoms with Crippen LogP contribution in [0.3, 0.4) is 0 Å². The Morgan fingerprint density at radius 2 is 1.08 bits per heavy atom. The second-order valence-electron chi connectivity index (χ2n) is 24.1. The topological polar surface area (TPSA) is 343 Å². The van der Waals surface area contributed by atoms with Crippen molar-refractivity contribution in [3.8, 4) is 0 Å². The van der Waals surface area contributed by atoms with Gasteiger partial charge in [-0.05, 0) is 139 Å². The van der Waals surface area contributed by atoms with Gasteiger partial charge in [-0.2, -0.15) is 0 Å². The lowest BCUT2D eigenvalue weighted by Crippen LogP contribution is -2.53. The lowest BCUT2D eigenvalue weighted by Gasteiger charge is -2.37. The number of aromatic nitrogens is 6. The van der Waals surface area contributed by atoms with E-state index in [9.17, 15) is 49.2 Å². The van der Waals surface area contributed by atoms with E-state index in [0.717, 1.165) is 38.7 Å². The van der Waals surface area contributed by atoms with Crippen LogP contribution in [0.15, 0.2) is 214 Å². The van der Waals surface area contributed by atoms with Crippen molar-refractivity contribution < 1.29 is 54.9 Å². The fraction of sp³-hybridized carbons (Fsp3) is 0.214. The minimum atomic E-state index is -3.78. The molecule has 6 aromatic carbocycles. The number of hydrogen-bond acceptors (Lipinski definition) is 20. The number of rotatable bonds is 20. The van der Waals surface area contributed by atoms with Crippen molar-refractivity contribution in [2.24, 2.45) is 5.73 Å². The summed E-state index contributed by atoms with van der Waals surface area (Å²) in [4.78, 5) is 90.4. The Morgan fingerprint density at radius 1 is 0.552 bits per heavy atom. The largest absolute Gasteiger partial charge is 0.374 e. The van der Waals surface area contributed by atoms with Crippen LogP contribution in [-0.4, -0.2) is 170 Å². The summed E-state index contributed by atoms with van der Waals surface area (Å²) < 4.78 is 86.2. The number of para-hydroxylation sites is 1. The highest BCUT2D eigenvalue weighted by atomic mass is 35.5. The van der Waals surface area contributed by atoms with Crippen LogP contribution >= 0.6 is 45.9 Å². The molecule has 14 rings (SSSR count). The number of piperazine rings is 3. The predicted octanol–water partition coefficient (Wildman–Crippen LogP) is 9.72. The summed E-state index contributed by atoms with van der Waals surface area (Å²) in [7, 11) is -11.3. The molecule has 6 N–H and O–H groups in total. The van der Waals surface area contributed by atoms with Crippen molar-refractivity contribution in [2.45, 2.75) is 47.3 Å². The van der Waals surface area contributed by atoms with Gasteiger partial charge in [-0.1, -0.05) is 53.5 Å². The second-order valence-corrected chi connectivity index (χ2v) is 31.8. The molecule has 0 aliphatic carbocycles. The van der Waals surface area contributed by atoms with Crippen molar-refractivity contribution in [1.82, 2.24) is 43.8 Å². The number of halogens is 2. The van der Waals surface area contributed by atoms with Crippen LogP contribution in [0.25, 0.3) is 21.8 Å². The molecule has 552 valence electrons. The molecule has 105 heavy (non-hydrogen) atoms. The fourth-order valence-electron chi connectivity index (χ4n) is 11.9. The maximum Gasteiger partial charge on any atom is 0.263 e. The van der Waals surface area contributed by atoms with E-state index in [2.05, 4.69) is 44.3 Å². The van der Waals surface area contributed by atoms with Crippen LogP contribution in [0.1, 0.15) is 18.2 Å². The minimum Gasteiger partial charge on any atom is -0.374 e. The fourth-order valence-corrected chi connectivity index (χ4v) is 16.9. The number of nitrogens with zero attached hydrogens (tertiary/aromatic N) is 12. The molecule has 1 atom stereocenters. The number of carbonyl (C=O) groups excluding carboxylic acids is 5. The van der Waals surface area contributed by atoms with Crippen LogP contribution in [0, 0.1) is 0 Å². The van der Waals surface area contributed by atoms with Gasteiger partial charge >= 0.3 is 0 Å². The monoisotopic (exact) mass is 1560 g/mol. The van der Waals surface area contributed by atoms with Gasteiger partial charge in [0.25, 0.3) is 30.1 Å². The molecule has 0 bridgehead atoms. The van der Waals surface area contributed by atoms with Crippen LogP contribution < -0.4 is 39.9 Å². The number of carbonyl (C=O) groups is 5. The number of amides is 5. The SMILES string of the molecule is CC(Nc1cccc(CN)c1)C(=O)N1CCN(c2ccc(S(=O)(=O)Nc3ccncn3)cc2)CC1.O=C(Cn1ccc2ccc(Cl)cc21)N1CCN(c2ccc(S(=O)(=O)Nc3nccs3)cc2)C(=O)C1.O=C(Cn1ccc2cccc(Cl)c21)N1CCN(c2ccc(S(=O)(=O)Nc3nccs3)cc2)C(=O)C1.[HH].[HH].[HH].[HH]. The van der Waals surface area contributed by atoms with Gasteiger partial charge in [0.05, 0.1) is 25.2 Å². The standard InChI is InChI=1S/C24H29N7O3S.2C23H20ClN5O4S2.4H2/c1-18(28-20-4-2-3-19(15-20)16-25)24(32)31-13-11-30(12-14-31)21-5-7-22(8-6-21)35(33,34)29-23-9-10-26-17-27-23;24-17-2-1-16-7-9-27(20(16)13-17)14-21(30)28-10-11-29(22(31)15-28)18-3-5-19(6-4-18)35(32,33)26-23-25-8-12-34-23;24-19-3-1-2-16-8-10-28(22(16)19)14-20(30)27-11-12-29(21(31)15-27)17-4-6-18(7-5-17)35(32,33)26-23-25-9-13-34-23;;;;/h2-10,15,17-18,28H,11-14,16,25H2,1H3,(H,26,27,29);1-9,12-13H,10-11,14-15H2,(H,25,26);1-10,13H,11-12,14-15H2,(H,25,26);4*1H. The van der Waals surface area contributed by atoms with Crippen LogP contribution in [-0.2, 0) is 73.7 Å². The molecule has 5 aromatic heterocycles. The molecule has 28 nitrogen and oxygen atoms in total. The Balaban J connectivity index is 0.000000202. The van der Waals surface area contributed by atoms with Gasteiger partial charge in [-0.15, -0.1) is 22.7 Å². The molecule has 1 unspecified atom stereocenters. The molecular formula is C70H77Cl2N17O11S5. The molecule has 0 spiro atoms. The minimum absolute atomic E-state index is 0. The Morgan fingerprint density at radius 3 is 1.61 bits per heavy atom. The molecule has 0 saturated carbocycles. The van der Waals surface area contributed by atoms with E-state index in [1.165, 1.54) is 87.7 Å². The van der Waals surface area contributed by atoms with E-state index in [4.69, 9.17) is 28.9 Å². The van der Waals surface area contributed by atoms with Crippen LogP contribution in [0.4, 0.5) is 38.8 Å². The average molecular weight is 1560 g/mol. The van der Waals surface area contributed by atoms with Crippen molar-refractivity contribution in [2.75, 3.05) is 99.6 Å². The van der Waals surface area contributed by atoms with Crippen molar-refractivity contribution >= 4 is 166 Å². The summed E-state index contributed by atoms with van der Waals surface area (Å²) in [6.45, 7) is 6.23. The van der Waals surface area contributed by atoms with Gasteiger partial charge < -0.3 is 49.6 Å². The molecule has 35 heteroatoms. The smallest absolute Gasteiger partial charge is 0.263 e. The van der Waals surface area contributed by atoms with Crippen molar-refractivity contribution in [3.05, 3.63) is 215 Å². The zero-order valence-corrected chi connectivity index (χ0v) is 61.6. The van der Waals surface area contributed by atoms with Gasteiger partial charge in [0.15, 0.2) is 10.3 Å². The maximum atomic E-state index is 12.9. The Bertz CT molecular complexity index is 5310. The molecule has 3 saturated heterocycles. The third-order valence-electron chi connectivity index (χ3n) is 17.3. The third kappa shape index (κ3) is 18.2. The lowest BCUT2D eigenvalue weighted by atomic mass is 10.1. The van der Waals surface area contributed by atoms with Gasteiger partial charge in [0, 0.05) is 145 Å². The summed E-state index contributed by atoms with van der Waals surface area (Å²) in [5, 5.41) is 10.2. The number of sulfonamides is 3. The third-order valence-corrected chi connectivity index (χ3v) is 23.6. The first kappa shape index (κ1) is 74.2. The molecule has 8 heterocycles. The maximum absolute atomic E-state index is 12.9. The summed E-state index contributed by atoms with van der Waals surface area (Å²) in [6.07, 6.45) is 9.41. The highest BCUT2D eigenvalue weighted by Crippen LogP contribution is 2.29. The van der Waals surface area contributed by atoms with Crippen molar-refractivity contribution in [1.29, 1.82) is 0 Å². The summed E-state index contributed by atoms with van der Waals surface area (Å²) in [5.74, 6) is -0.561. The number of thiazole rings is 2. The highest BCUT2D eigenvalue weighted by Gasteiger charge is 2.32. The number of anilines is 7. The first-order valence-electron chi connectivity index (χ1n) is 32.6. The number of nitrogens with two attached hydrogens (primary N) is 1. The zero-order valence-electron chi connectivity index (χ0n) is 56.1. The molecule has 3 fully saturated rings. The van der Waals surface area contributed by atoms with Crippen molar-refractivity contribution in [3.63, 3.8) is 0 Å². The molecule has 3 aliphatic rings. The number of fused-ring (bicyclic) bond motifs is 2. The zero-order chi connectivity index (χ0) is 74.0. The van der Waals surface area contributed by atoms with E-state index in [1.54, 1.807) is 85.8 Å². The first-order chi connectivity index (χ1) is 50.5. The normalized spacial score (nSPS) is 14.6. The Labute approximate surface area is 628 Å². The van der Waals surface area contributed by atoms with Crippen LogP contribution in [0.2, 0.25) is 10.0 Å². The Kier molecular flexibility index (Phi) is 23.1. The van der Waals surface area contributed by atoms with E-state index < -0.39 is 30.1 Å². The summed E-state index contributed by atoms with van der Waals surface area (Å²) in [6, 6.07) is 42.5. The summed E-state index contributed by atoms with van der Waals surface area (Å²) in [5.41, 5.74) is 11.3. The second kappa shape index (κ2) is 32.7.